The van der Waals surface area contributed by atoms with Crippen LogP contribution in [0.25, 0.3) is 5.95 Å². The Bertz CT molecular complexity index is 1540. The molecule has 0 amide bonds. The van der Waals surface area contributed by atoms with Crippen molar-refractivity contribution < 1.29 is 32.5 Å². The van der Waals surface area contributed by atoms with Crippen molar-refractivity contribution >= 4 is 17.5 Å². The van der Waals surface area contributed by atoms with Gasteiger partial charge in [0.2, 0.25) is 0 Å². The van der Waals surface area contributed by atoms with E-state index in [1.807, 2.05) is 19.1 Å². The number of methoxy groups -OCH3 is 1. The van der Waals surface area contributed by atoms with Crippen molar-refractivity contribution in [2.24, 2.45) is 5.73 Å². The van der Waals surface area contributed by atoms with Gasteiger partial charge in [-0.05, 0) is 55.0 Å². The highest BCUT2D eigenvalue weighted by Gasteiger charge is 2.38. The zero-order chi connectivity index (χ0) is 30.2. The van der Waals surface area contributed by atoms with Crippen molar-refractivity contribution in [2.75, 3.05) is 19.0 Å². The number of nitrogen functional groups attached to an aromatic ring is 1. The number of H-pyrrole nitrogens is 1. The Morgan fingerprint density at radius 3 is 2.34 bits per heavy atom. The Labute approximate surface area is 230 Å². The predicted molar refractivity (Wildman–Crippen MR) is 141 cm³/mol. The lowest BCUT2D eigenvalue weighted by Gasteiger charge is -2.20. The van der Waals surface area contributed by atoms with Gasteiger partial charge in [-0.1, -0.05) is 6.07 Å². The van der Waals surface area contributed by atoms with Gasteiger partial charge in [-0.25, -0.2) is 19.6 Å². The normalized spacial score (nSPS) is 11.5. The Balaban J connectivity index is 0.000000587. The van der Waals surface area contributed by atoms with Crippen LogP contribution < -0.4 is 26.2 Å². The number of aromatic amines is 1. The van der Waals surface area contributed by atoms with Crippen LogP contribution in [0.2, 0.25) is 0 Å². The Kier molecular flexibility index (Phi) is 9.63. The van der Waals surface area contributed by atoms with E-state index in [4.69, 9.17) is 30.5 Å². The van der Waals surface area contributed by atoms with Crippen LogP contribution in [-0.4, -0.2) is 61.5 Å². The topological polar surface area (TPSA) is 194 Å². The number of anilines is 1. The first-order valence-corrected chi connectivity index (χ1v) is 11.7. The second-order valence-electron chi connectivity index (χ2n) is 7.99. The number of alkyl halides is 3. The van der Waals surface area contributed by atoms with E-state index in [0.717, 1.165) is 15.9 Å². The van der Waals surface area contributed by atoms with E-state index in [1.165, 1.54) is 12.4 Å². The van der Waals surface area contributed by atoms with E-state index < -0.39 is 23.9 Å². The molecular formula is C25H25F3N8O5. The molecule has 1 unspecified atom stereocenters. The number of nitrogens with two attached hydrogens (primary N) is 1. The van der Waals surface area contributed by atoms with Crippen LogP contribution in [-0.2, 0) is 4.79 Å². The summed E-state index contributed by atoms with van der Waals surface area (Å²) in [7, 11) is 1.56. The molecule has 41 heavy (non-hydrogen) atoms. The molecule has 0 aliphatic heterocycles. The molecule has 2 heterocycles. The van der Waals surface area contributed by atoms with Gasteiger partial charge in [0, 0.05) is 23.6 Å². The van der Waals surface area contributed by atoms with Crippen LogP contribution in [0.15, 0.2) is 65.7 Å². The van der Waals surface area contributed by atoms with E-state index >= 15 is 0 Å². The smallest absolute Gasteiger partial charge is 0.490 e. The number of nitrogens with zero attached hydrogens (tertiary/aromatic N) is 4. The first-order chi connectivity index (χ1) is 19.4. The second-order valence-corrected chi connectivity index (χ2v) is 7.99. The molecule has 6 N–H and O–H groups in total. The molecule has 0 saturated carbocycles. The average molecular weight is 575 g/mol. The Hall–Kier alpha value is -5.41. The molecule has 2 aromatic carbocycles. The number of ether oxygens (including phenoxy) is 2. The van der Waals surface area contributed by atoms with Gasteiger partial charge in [0.15, 0.2) is 17.3 Å². The largest absolute Gasteiger partial charge is 0.493 e. The molecule has 0 saturated heterocycles. The van der Waals surface area contributed by atoms with Gasteiger partial charge in [0.05, 0.1) is 13.7 Å². The third-order valence-corrected chi connectivity index (χ3v) is 5.22. The third-order valence-electron chi connectivity index (χ3n) is 5.22. The van der Waals surface area contributed by atoms with E-state index in [2.05, 4.69) is 25.4 Å². The first kappa shape index (κ1) is 30.1. The Morgan fingerprint density at radius 1 is 1.17 bits per heavy atom. The van der Waals surface area contributed by atoms with Gasteiger partial charge < -0.3 is 25.6 Å². The zero-order valence-electron chi connectivity index (χ0n) is 21.6. The summed E-state index contributed by atoms with van der Waals surface area (Å²) >= 11 is 0. The highest BCUT2D eigenvalue weighted by Crippen LogP contribution is 2.33. The number of hydrogen-bond acceptors (Lipinski definition) is 9. The molecule has 0 bridgehead atoms. The second kappa shape index (κ2) is 13.1. The van der Waals surface area contributed by atoms with Gasteiger partial charge in [-0.3, -0.25) is 10.4 Å². The highest BCUT2D eigenvalue weighted by molar-refractivity contribution is 5.95. The number of hydrogen-bond donors (Lipinski definition) is 5. The molecule has 0 radical (unpaired) electrons. The molecule has 4 aromatic rings. The maximum absolute atomic E-state index is 12.7. The summed E-state index contributed by atoms with van der Waals surface area (Å²) in [6.45, 7) is 2.39. The number of carboxylic acid groups (broad SMARTS) is 1. The predicted octanol–water partition coefficient (Wildman–Crippen LogP) is 2.88. The number of carbonyl (C=O) groups is 1. The number of aliphatic carboxylic acids is 1. The van der Waals surface area contributed by atoms with Gasteiger partial charge in [-0.2, -0.15) is 13.2 Å². The zero-order valence-corrected chi connectivity index (χ0v) is 21.6. The number of benzene rings is 2. The maximum Gasteiger partial charge on any atom is 0.490 e. The van der Waals surface area contributed by atoms with Gasteiger partial charge in [0.25, 0.3) is 5.95 Å². The van der Waals surface area contributed by atoms with E-state index in [1.54, 1.807) is 43.5 Å². The molecule has 0 spiro atoms. The van der Waals surface area contributed by atoms with Crippen LogP contribution in [0.3, 0.4) is 0 Å². The molecule has 216 valence electrons. The molecule has 13 nitrogen and oxygen atoms in total. The van der Waals surface area contributed by atoms with E-state index in [-0.39, 0.29) is 11.8 Å². The fourth-order valence-electron chi connectivity index (χ4n) is 3.37. The van der Waals surface area contributed by atoms with Crippen LogP contribution >= 0.6 is 0 Å². The summed E-state index contributed by atoms with van der Waals surface area (Å²) in [5.74, 6) is -1.12. The summed E-state index contributed by atoms with van der Waals surface area (Å²) in [4.78, 5) is 32.6. The number of carboxylic acids is 1. The fourth-order valence-corrected chi connectivity index (χ4v) is 3.37. The number of nitrogens with one attached hydrogen (secondary N) is 3. The summed E-state index contributed by atoms with van der Waals surface area (Å²) in [6, 6.07) is 13.7. The summed E-state index contributed by atoms with van der Waals surface area (Å²) < 4.78 is 44.0. The molecule has 4 rings (SSSR count). The number of rotatable bonds is 9. The van der Waals surface area contributed by atoms with Crippen LogP contribution in [0.5, 0.6) is 11.5 Å². The minimum Gasteiger partial charge on any atom is -0.493 e. The third kappa shape index (κ3) is 7.81. The van der Waals surface area contributed by atoms with Crippen LogP contribution in [0.4, 0.5) is 18.9 Å². The molecule has 16 heteroatoms. The fraction of sp³-hybridized carbons (Fsp3) is 0.200. The highest BCUT2D eigenvalue weighted by atomic mass is 19.4. The van der Waals surface area contributed by atoms with Crippen molar-refractivity contribution in [3.8, 4) is 17.4 Å². The van der Waals surface area contributed by atoms with E-state index in [9.17, 15) is 18.0 Å². The molecule has 0 aliphatic carbocycles. The first-order valence-electron chi connectivity index (χ1n) is 11.7. The summed E-state index contributed by atoms with van der Waals surface area (Å²) in [5, 5.41) is 22.5. The average Bonchev–Trinajstić information content (AvgIpc) is 3.33. The molecule has 0 aliphatic rings. The lowest BCUT2D eigenvalue weighted by molar-refractivity contribution is -0.192. The van der Waals surface area contributed by atoms with Crippen molar-refractivity contribution in [3.05, 3.63) is 88.4 Å². The number of halogens is 3. The molecule has 1 atom stereocenters. The van der Waals surface area contributed by atoms with Crippen molar-refractivity contribution in [3.63, 3.8) is 0 Å². The van der Waals surface area contributed by atoms with Crippen molar-refractivity contribution in [2.45, 2.75) is 19.1 Å². The molecule has 2 aromatic heterocycles. The van der Waals surface area contributed by atoms with Gasteiger partial charge in [-0.15, -0.1) is 9.78 Å². The van der Waals surface area contributed by atoms with Gasteiger partial charge in [0.1, 0.15) is 11.9 Å². The minimum absolute atomic E-state index is 0.0229. The van der Waals surface area contributed by atoms with E-state index in [0.29, 0.717) is 29.5 Å². The lowest BCUT2D eigenvalue weighted by Crippen LogP contribution is -2.21. The number of aromatic nitrogens is 5. The van der Waals surface area contributed by atoms with Crippen molar-refractivity contribution in [1.29, 1.82) is 5.41 Å². The SMILES string of the molecule is CCOc1ccc(C(Nc2ccc(C(=N)N)cc2)c2nn(-c3ncccn3)c(=O)[nH]2)cc1OC.O=C(O)C(F)(F)F. The van der Waals surface area contributed by atoms with Crippen LogP contribution in [0.1, 0.15) is 29.9 Å². The Morgan fingerprint density at radius 2 is 1.80 bits per heavy atom. The van der Waals surface area contributed by atoms with Crippen LogP contribution in [0, 0.1) is 5.41 Å². The molecule has 0 fully saturated rings. The summed E-state index contributed by atoms with van der Waals surface area (Å²) in [6.07, 6.45) is -2.01. The number of amidine groups is 1. The van der Waals surface area contributed by atoms with Gasteiger partial charge >= 0.3 is 17.8 Å². The summed E-state index contributed by atoms with van der Waals surface area (Å²) in [5.41, 5.74) is 7.19. The quantitative estimate of drug-likeness (QED) is 0.147. The lowest BCUT2D eigenvalue weighted by atomic mass is 10.0. The molecular weight excluding hydrogens is 549 g/mol. The maximum atomic E-state index is 12.7. The van der Waals surface area contributed by atoms with Crippen molar-refractivity contribution in [1.82, 2.24) is 24.7 Å². The minimum atomic E-state index is -5.08. The monoisotopic (exact) mass is 574 g/mol. The standard InChI is InChI=1S/C23H24N8O3.C2HF3O2/c1-3-34-17-10-7-15(13-18(17)33-2)19(28-16-8-5-14(6-9-16)20(24)25)21-29-23(32)31(30-21)22-26-11-4-12-27-22;3-2(4,5)1(6)7/h4-13,19,28H,3H2,1-2H3,(H3,24,25)(H,29,30,32);(H,6,7).